The molecule has 0 amide bonds. The Bertz CT molecular complexity index is 2070. The molecular formula is C37H33F4N5O3. The number of carbonyl (C=O) groups is 1. The average Bonchev–Trinajstić information content (AvgIpc) is 3.70. The second kappa shape index (κ2) is 12.6. The lowest BCUT2D eigenvalue weighted by atomic mass is 9.95. The van der Waals surface area contributed by atoms with Gasteiger partial charge in [-0.25, -0.2) is 17.6 Å². The van der Waals surface area contributed by atoms with E-state index in [2.05, 4.69) is 14.9 Å². The molecule has 0 spiro atoms. The van der Waals surface area contributed by atoms with Crippen LogP contribution in [-0.4, -0.2) is 64.1 Å². The number of anilines is 1. The van der Waals surface area contributed by atoms with Crippen LogP contribution < -0.4 is 14.4 Å². The van der Waals surface area contributed by atoms with Crippen molar-refractivity contribution in [2.75, 3.05) is 37.7 Å². The monoisotopic (exact) mass is 671 g/mol. The summed E-state index contributed by atoms with van der Waals surface area (Å²) in [6.07, 6.45) is 6.46. The van der Waals surface area contributed by atoms with Gasteiger partial charge in [0.25, 0.3) is 0 Å². The Morgan fingerprint density at radius 1 is 0.878 bits per heavy atom. The number of halogens is 4. The van der Waals surface area contributed by atoms with Crippen molar-refractivity contribution >= 4 is 33.5 Å². The van der Waals surface area contributed by atoms with Crippen LogP contribution in [-0.2, 0) is 4.79 Å². The molecule has 12 heteroatoms. The molecule has 3 saturated heterocycles. The van der Waals surface area contributed by atoms with E-state index in [0.717, 1.165) is 50.9 Å². The highest BCUT2D eigenvalue weighted by molar-refractivity contribution is 5.99. The Hall–Kier alpha value is -4.84. The van der Waals surface area contributed by atoms with Gasteiger partial charge in [-0.05, 0) is 75.2 Å². The first kappa shape index (κ1) is 31.4. The summed E-state index contributed by atoms with van der Waals surface area (Å²) in [5.74, 6) is -4.01. The minimum Gasteiger partial charge on any atom is -0.461 e. The number of hydrogen-bond donors (Lipinski definition) is 0. The molecule has 5 heterocycles. The van der Waals surface area contributed by atoms with Crippen molar-refractivity contribution in [1.82, 2.24) is 19.9 Å². The van der Waals surface area contributed by atoms with Gasteiger partial charge in [-0.2, -0.15) is 9.97 Å². The third kappa shape index (κ3) is 5.71. The van der Waals surface area contributed by atoms with Crippen molar-refractivity contribution in [2.45, 2.75) is 44.1 Å². The first-order chi connectivity index (χ1) is 23.8. The predicted octanol–water partition coefficient (Wildman–Crippen LogP) is 7.23. The van der Waals surface area contributed by atoms with Gasteiger partial charge in [0.05, 0.1) is 16.8 Å². The minimum absolute atomic E-state index is 0.00501. The average molecular weight is 672 g/mol. The van der Waals surface area contributed by atoms with E-state index in [9.17, 15) is 13.6 Å². The van der Waals surface area contributed by atoms with Gasteiger partial charge in [0.15, 0.2) is 17.5 Å². The van der Waals surface area contributed by atoms with Crippen LogP contribution >= 0.6 is 0 Å². The summed E-state index contributed by atoms with van der Waals surface area (Å²) in [4.78, 5) is 31.1. The van der Waals surface area contributed by atoms with Gasteiger partial charge < -0.3 is 14.4 Å². The second-order valence-electron chi connectivity index (χ2n) is 13.1. The summed E-state index contributed by atoms with van der Waals surface area (Å²) < 4.78 is 70.4. The van der Waals surface area contributed by atoms with Crippen LogP contribution in [0.2, 0.25) is 0 Å². The zero-order chi connectivity index (χ0) is 33.7. The normalized spacial score (nSPS) is 17.9. The largest absolute Gasteiger partial charge is 0.461 e. The minimum atomic E-state index is -1.10. The summed E-state index contributed by atoms with van der Waals surface area (Å²) in [5, 5.41) is 1.24. The number of piperidine rings is 1. The molecular weight excluding hydrogens is 638 g/mol. The van der Waals surface area contributed by atoms with Gasteiger partial charge in [0, 0.05) is 36.3 Å². The number of aromatic nitrogens is 3. The number of nitrogens with zero attached hydrogens (tertiary/aromatic N) is 5. The molecule has 3 aliphatic rings. The second-order valence-corrected chi connectivity index (χ2v) is 13.1. The van der Waals surface area contributed by atoms with E-state index in [4.69, 9.17) is 14.5 Å². The molecule has 0 saturated carbocycles. The van der Waals surface area contributed by atoms with E-state index in [-0.39, 0.29) is 33.9 Å². The van der Waals surface area contributed by atoms with E-state index in [0.29, 0.717) is 54.7 Å². The quantitative estimate of drug-likeness (QED) is 0.102. The molecule has 0 aliphatic carbocycles. The van der Waals surface area contributed by atoms with Crippen LogP contribution in [0.15, 0.2) is 60.8 Å². The molecule has 5 aromatic rings. The molecule has 0 radical (unpaired) electrons. The molecule has 0 N–H and O–H groups in total. The SMILES string of the molecule is O=C(Oc1ccc(F)c(F)c1)C1CCN(c2nc(OCC34CCCN3CCC4)nc3c(F)c(-c4cccc5cccc(F)c45)ncc23)CC1. The number of ether oxygens (including phenoxy) is 2. The number of pyridine rings is 1. The Labute approximate surface area is 279 Å². The number of rotatable bonds is 7. The van der Waals surface area contributed by atoms with E-state index >= 15 is 8.78 Å². The first-order valence-electron chi connectivity index (χ1n) is 16.6. The van der Waals surface area contributed by atoms with E-state index in [1.807, 2.05) is 4.90 Å². The third-order valence-electron chi connectivity index (χ3n) is 10.3. The molecule has 0 unspecified atom stereocenters. The molecule has 8 rings (SSSR count). The summed E-state index contributed by atoms with van der Waals surface area (Å²) in [7, 11) is 0. The van der Waals surface area contributed by atoms with Crippen molar-refractivity contribution in [3.63, 3.8) is 0 Å². The highest BCUT2D eigenvalue weighted by Gasteiger charge is 2.45. The van der Waals surface area contributed by atoms with Gasteiger partial charge in [-0.1, -0.05) is 30.3 Å². The van der Waals surface area contributed by atoms with Crippen molar-refractivity contribution in [3.8, 4) is 23.0 Å². The number of hydrogen-bond acceptors (Lipinski definition) is 8. The van der Waals surface area contributed by atoms with Gasteiger partial charge in [-0.3, -0.25) is 14.7 Å². The van der Waals surface area contributed by atoms with Crippen LogP contribution in [0.1, 0.15) is 38.5 Å². The Morgan fingerprint density at radius 3 is 2.39 bits per heavy atom. The van der Waals surface area contributed by atoms with Crippen LogP contribution in [0.4, 0.5) is 23.4 Å². The summed E-state index contributed by atoms with van der Waals surface area (Å²) in [5.41, 5.74) is 0.191. The lowest BCUT2D eigenvalue weighted by Gasteiger charge is -2.33. The number of carbonyl (C=O) groups excluding carboxylic acids is 1. The van der Waals surface area contributed by atoms with Crippen molar-refractivity contribution < 1.29 is 31.8 Å². The van der Waals surface area contributed by atoms with Crippen molar-refractivity contribution in [1.29, 1.82) is 0 Å². The summed E-state index contributed by atoms with van der Waals surface area (Å²) in [6.45, 7) is 3.17. The van der Waals surface area contributed by atoms with Crippen LogP contribution in [0.3, 0.4) is 0 Å². The number of benzene rings is 3. The molecule has 3 aliphatic heterocycles. The Kier molecular flexibility index (Phi) is 8.05. The fourth-order valence-corrected chi connectivity index (χ4v) is 7.73. The smallest absolute Gasteiger partial charge is 0.319 e. The number of fused-ring (bicyclic) bond motifs is 3. The van der Waals surface area contributed by atoms with E-state index < -0.39 is 35.2 Å². The zero-order valence-corrected chi connectivity index (χ0v) is 26.6. The Balaban J connectivity index is 1.12. The van der Waals surface area contributed by atoms with Crippen molar-refractivity contribution in [2.24, 2.45) is 5.92 Å². The lowest BCUT2D eigenvalue weighted by Crippen LogP contribution is -2.43. The maximum atomic E-state index is 16.7. The molecule has 3 fully saturated rings. The highest BCUT2D eigenvalue weighted by Crippen LogP contribution is 2.40. The van der Waals surface area contributed by atoms with Gasteiger partial charge in [-0.15, -0.1) is 0 Å². The van der Waals surface area contributed by atoms with E-state index in [1.54, 1.807) is 30.3 Å². The molecule has 0 bridgehead atoms. The summed E-state index contributed by atoms with van der Waals surface area (Å²) >= 11 is 0. The molecule has 3 aromatic carbocycles. The molecule has 0 atom stereocenters. The van der Waals surface area contributed by atoms with Crippen LogP contribution in [0.5, 0.6) is 11.8 Å². The maximum absolute atomic E-state index is 16.7. The first-order valence-corrected chi connectivity index (χ1v) is 16.6. The number of esters is 1. The lowest BCUT2D eigenvalue weighted by molar-refractivity contribution is -0.139. The van der Waals surface area contributed by atoms with Gasteiger partial charge >= 0.3 is 12.0 Å². The fraction of sp³-hybridized carbons (Fsp3) is 0.351. The topological polar surface area (TPSA) is 80.7 Å². The zero-order valence-electron chi connectivity index (χ0n) is 26.6. The van der Waals surface area contributed by atoms with Crippen LogP contribution in [0, 0.1) is 29.2 Å². The highest BCUT2D eigenvalue weighted by atomic mass is 19.2. The third-order valence-corrected chi connectivity index (χ3v) is 10.3. The van der Waals surface area contributed by atoms with Gasteiger partial charge in [0.2, 0.25) is 0 Å². The van der Waals surface area contributed by atoms with E-state index in [1.165, 1.54) is 18.3 Å². The summed E-state index contributed by atoms with van der Waals surface area (Å²) in [6, 6.07) is 12.8. The van der Waals surface area contributed by atoms with Crippen molar-refractivity contribution in [3.05, 3.63) is 84.1 Å². The van der Waals surface area contributed by atoms with Crippen LogP contribution in [0.25, 0.3) is 32.9 Å². The maximum Gasteiger partial charge on any atom is 0.319 e. The fourth-order valence-electron chi connectivity index (χ4n) is 7.73. The molecule has 8 nitrogen and oxygen atoms in total. The molecule has 49 heavy (non-hydrogen) atoms. The van der Waals surface area contributed by atoms with Gasteiger partial charge in [0.1, 0.15) is 35.2 Å². The Morgan fingerprint density at radius 2 is 1.63 bits per heavy atom. The predicted molar refractivity (Wildman–Crippen MR) is 175 cm³/mol. The molecule has 252 valence electrons. The molecule has 2 aromatic heterocycles. The standard InChI is InChI=1S/C37H33F4N5O3/c38-27-10-9-24(19-29(27)40)49-35(47)23-11-17-45(18-12-23)34-26-20-42-32(25-7-1-5-22-6-2-8-28(39)30(22)25)31(41)33(26)43-36(44-34)48-21-37-13-3-15-46(37)16-4-14-37/h1-2,5-10,19-20,23H,3-4,11-18,21H2.